The number of ether oxygens (including phenoxy) is 3. The number of methoxy groups -OCH3 is 2. The first-order valence-electron chi connectivity index (χ1n) is 10.5. The molecule has 0 aliphatic carbocycles. The summed E-state index contributed by atoms with van der Waals surface area (Å²) in [5, 5.41) is 3.49. The highest BCUT2D eigenvalue weighted by Crippen LogP contribution is 2.35. The first kappa shape index (κ1) is 24.6. The zero-order valence-corrected chi connectivity index (χ0v) is 19.4. The van der Waals surface area contributed by atoms with E-state index in [-0.39, 0.29) is 22.3 Å². The van der Waals surface area contributed by atoms with Gasteiger partial charge < -0.3 is 24.5 Å². The molecule has 7 nitrogen and oxygen atoms in total. The Labute approximate surface area is 184 Å². The summed E-state index contributed by atoms with van der Waals surface area (Å²) in [6.45, 7) is 9.60. The Hall–Kier alpha value is -2.64. The quantitative estimate of drug-likeness (QED) is 0.418. The summed E-state index contributed by atoms with van der Waals surface area (Å²) in [4.78, 5) is 27.1. The number of rotatable bonds is 11. The Morgan fingerprint density at radius 2 is 1.84 bits per heavy atom. The van der Waals surface area contributed by atoms with E-state index in [0.717, 1.165) is 30.5 Å². The lowest BCUT2D eigenvalue weighted by Crippen LogP contribution is -2.37. The maximum atomic E-state index is 12.4. The largest absolute Gasteiger partial charge is 0.493 e. The van der Waals surface area contributed by atoms with Crippen molar-refractivity contribution in [3.63, 3.8) is 0 Å². The highest BCUT2D eigenvalue weighted by molar-refractivity contribution is 5.93. The summed E-state index contributed by atoms with van der Waals surface area (Å²) in [5.74, 6) is 0.965. The van der Waals surface area contributed by atoms with Crippen molar-refractivity contribution in [3.8, 4) is 22.8 Å². The van der Waals surface area contributed by atoms with Crippen molar-refractivity contribution in [2.24, 2.45) is 0 Å². The zero-order chi connectivity index (χ0) is 23.0. The van der Waals surface area contributed by atoms with Gasteiger partial charge in [-0.3, -0.25) is 9.59 Å². The number of benzene rings is 1. The molecule has 170 valence electrons. The third kappa shape index (κ3) is 7.22. The molecule has 1 aromatic carbocycles. The van der Waals surface area contributed by atoms with Crippen LogP contribution in [-0.2, 0) is 11.2 Å². The molecule has 0 saturated heterocycles. The number of H-pyrrole nitrogens is 1. The predicted molar refractivity (Wildman–Crippen MR) is 123 cm³/mol. The fraction of sp³-hybridized carbons (Fsp3) is 0.500. The smallest absolute Gasteiger partial charge is 0.192 e. The van der Waals surface area contributed by atoms with Gasteiger partial charge in [0.15, 0.2) is 22.7 Å². The summed E-state index contributed by atoms with van der Waals surface area (Å²) in [6.07, 6.45) is 2.96. The lowest BCUT2D eigenvalue weighted by atomic mass is 9.98. The highest BCUT2D eigenvalue weighted by Gasteiger charge is 2.16. The van der Waals surface area contributed by atoms with E-state index in [1.807, 2.05) is 12.1 Å². The number of hydrogen-bond donors (Lipinski definition) is 2. The molecule has 0 aliphatic rings. The van der Waals surface area contributed by atoms with Crippen LogP contribution in [0.3, 0.4) is 0 Å². The zero-order valence-electron chi connectivity index (χ0n) is 19.4. The Kier molecular flexibility index (Phi) is 8.83. The number of nitrogens with one attached hydrogen (secondary N) is 2. The molecule has 2 aromatic rings. The van der Waals surface area contributed by atoms with Crippen LogP contribution < -0.4 is 20.2 Å². The molecule has 0 bridgehead atoms. The van der Waals surface area contributed by atoms with Gasteiger partial charge >= 0.3 is 0 Å². The SMILES string of the molecule is COCCCOc1cc(CCNC(C)(C)C)c(-c2cc(=O)c(C(C)=O)c[nH]2)cc1OC. The van der Waals surface area contributed by atoms with E-state index in [2.05, 4.69) is 31.1 Å². The van der Waals surface area contributed by atoms with Crippen LogP contribution in [0.25, 0.3) is 11.3 Å². The number of ketones is 1. The van der Waals surface area contributed by atoms with Gasteiger partial charge in [-0.15, -0.1) is 0 Å². The molecule has 0 atom stereocenters. The second kappa shape index (κ2) is 11.1. The van der Waals surface area contributed by atoms with Crippen LogP contribution in [0.15, 0.2) is 29.2 Å². The van der Waals surface area contributed by atoms with Crippen LogP contribution in [0.1, 0.15) is 50.0 Å². The molecule has 0 amide bonds. The standard InChI is InChI=1S/C24H34N2O5/c1-16(27)19-15-25-20(14-21(19)28)18-13-22(30-6)23(31-11-7-10-29-5)12-17(18)8-9-26-24(2,3)4/h12-15,26H,7-11H2,1-6H3,(H,25,28). The lowest BCUT2D eigenvalue weighted by molar-refractivity contribution is 0.101. The van der Waals surface area contributed by atoms with Crippen LogP contribution in [0.4, 0.5) is 0 Å². The molecular weight excluding hydrogens is 396 g/mol. The third-order valence-electron chi connectivity index (χ3n) is 4.77. The number of Topliss-reactive ketones (excluding diaryl/α,β-unsaturated/α-hetero) is 1. The van der Waals surface area contributed by atoms with Crippen molar-refractivity contribution in [1.29, 1.82) is 0 Å². The van der Waals surface area contributed by atoms with E-state index in [0.29, 0.717) is 30.4 Å². The summed E-state index contributed by atoms with van der Waals surface area (Å²) < 4.78 is 16.6. The van der Waals surface area contributed by atoms with Gasteiger partial charge in [-0.1, -0.05) is 0 Å². The Balaban J connectivity index is 2.44. The molecule has 2 rings (SSSR count). The molecule has 2 N–H and O–H groups in total. The summed E-state index contributed by atoms with van der Waals surface area (Å²) >= 11 is 0. The van der Waals surface area contributed by atoms with Crippen molar-refractivity contribution in [3.05, 3.63) is 45.7 Å². The van der Waals surface area contributed by atoms with E-state index in [9.17, 15) is 9.59 Å². The first-order chi connectivity index (χ1) is 14.7. The van der Waals surface area contributed by atoms with Gasteiger partial charge in [-0.2, -0.15) is 0 Å². The number of carbonyl (C=O) groups is 1. The van der Waals surface area contributed by atoms with E-state index in [1.54, 1.807) is 14.2 Å². The summed E-state index contributed by atoms with van der Waals surface area (Å²) in [5.41, 5.74) is 2.30. The molecule has 0 fully saturated rings. The second-order valence-electron chi connectivity index (χ2n) is 8.46. The van der Waals surface area contributed by atoms with Gasteiger partial charge in [0.1, 0.15) is 0 Å². The minimum absolute atomic E-state index is 0.0104. The topological polar surface area (TPSA) is 89.6 Å². The Morgan fingerprint density at radius 3 is 2.42 bits per heavy atom. The lowest BCUT2D eigenvalue weighted by Gasteiger charge is -2.22. The fourth-order valence-corrected chi connectivity index (χ4v) is 3.19. The highest BCUT2D eigenvalue weighted by atomic mass is 16.5. The van der Waals surface area contributed by atoms with Crippen LogP contribution in [0.5, 0.6) is 11.5 Å². The molecule has 0 unspecified atom stereocenters. The molecule has 0 saturated carbocycles. The molecule has 1 heterocycles. The number of aromatic nitrogens is 1. The van der Waals surface area contributed by atoms with Crippen molar-refractivity contribution >= 4 is 5.78 Å². The predicted octanol–water partition coefficient (Wildman–Crippen LogP) is 3.60. The van der Waals surface area contributed by atoms with Crippen LogP contribution in [0, 0.1) is 0 Å². The summed E-state index contributed by atoms with van der Waals surface area (Å²) in [6, 6.07) is 5.30. The van der Waals surface area contributed by atoms with Crippen molar-refractivity contribution in [2.75, 3.05) is 34.0 Å². The van der Waals surface area contributed by atoms with Crippen LogP contribution in [0.2, 0.25) is 0 Å². The minimum atomic E-state index is -0.307. The maximum absolute atomic E-state index is 12.4. The summed E-state index contributed by atoms with van der Waals surface area (Å²) in [7, 11) is 3.25. The van der Waals surface area contributed by atoms with E-state index >= 15 is 0 Å². The Bertz CT molecular complexity index is 944. The monoisotopic (exact) mass is 430 g/mol. The van der Waals surface area contributed by atoms with Crippen molar-refractivity contribution in [2.45, 2.75) is 46.1 Å². The number of carbonyl (C=O) groups excluding carboxylic acids is 1. The van der Waals surface area contributed by atoms with Gasteiger partial charge in [0.2, 0.25) is 0 Å². The van der Waals surface area contributed by atoms with E-state index in [1.165, 1.54) is 19.2 Å². The average molecular weight is 431 g/mol. The van der Waals surface area contributed by atoms with Gasteiger partial charge in [0.05, 0.1) is 19.3 Å². The number of aromatic amines is 1. The minimum Gasteiger partial charge on any atom is -0.493 e. The molecule has 0 aliphatic heterocycles. The van der Waals surface area contributed by atoms with Crippen molar-refractivity contribution < 1.29 is 19.0 Å². The second-order valence-corrected chi connectivity index (χ2v) is 8.46. The molecule has 0 radical (unpaired) electrons. The molecule has 7 heteroatoms. The molecular formula is C24H34N2O5. The van der Waals surface area contributed by atoms with Gasteiger partial charge in [-0.25, -0.2) is 0 Å². The van der Waals surface area contributed by atoms with Crippen molar-refractivity contribution in [1.82, 2.24) is 10.3 Å². The van der Waals surface area contributed by atoms with Gasteiger partial charge in [0.25, 0.3) is 0 Å². The molecule has 1 aromatic heterocycles. The first-order valence-corrected chi connectivity index (χ1v) is 10.5. The normalized spacial score (nSPS) is 11.4. The van der Waals surface area contributed by atoms with Crippen LogP contribution >= 0.6 is 0 Å². The molecule has 0 spiro atoms. The Morgan fingerprint density at radius 1 is 1.10 bits per heavy atom. The molecule has 31 heavy (non-hydrogen) atoms. The van der Waals surface area contributed by atoms with E-state index < -0.39 is 0 Å². The third-order valence-corrected chi connectivity index (χ3v) is 4.77. The van der Waals surface area contributed by atoms with E-state index in [4.69, 9.17) is 14.2 Å². The maximum Gasteiger partial charge on any atom is 0.192 e. The van der Waals surface area contributed by atoms with Gasteiger partial charge in [0, 0.05) is 49.2 Å². The average Bonchev–Trinajstić information content (AvgIpc) is 2.70. The number of hydrogen-bond acceptors (Lipinski definition) is 6. The number of pyridine rings is 1. The van der Waals surface area contributed by atoms with Crippen LogP contribution in [-0.4, -0.2) is 50.3 Å². The fourth-order valence-electron chi connectivity index (χ4n) is 3.19. The van der Waals surface area contributed by atoms with Gasteiger partial charge in [-0.05, 0) is 58.4 Å².